The van der Waals surface area contributed by atoms with Gasteiger partial charge in [0.2, 0.25) is 0 Å². The predicted octanol–water partition coefficient (Wildman–Crippen LogP) is 1.21. The first kappa shape index (κ1) is 12.6. The second kappa shape index (κ2) is 6.11. The van der Waals surface area contributed by atoms with Gasteiger partial charge in [0.05, 0.1) is 6.04 Å². The average Bonchev–Trinajstić information content (AvgIpc) is 2.11. The molecular formula is C10H21NO2. The summed E-state index contributed by atoms with van der Waals surface area (Å²) in [7, 11) is 1.64. The lowest BCUT2D eigenvalue weighted by molar-refractivity contribution is -0.125. The molecule has 0 aromatic carbocycles. The first-order chi connectivity index (χ1) is 6.00. The van der Waals surface area contributed by atoms with Crippen molar-refractivity contribution in [3.63, 3.8) is 0 Å². The molecule has 0 bridgehead atoms. The van der Waals surface area contributed by atoms with E-state index in [9.17, 15) is 4.79 Å². The Morgan fingerprint density at radius 3 is 2.31 bits per heavy atom. The van der Waals surface area contributed by atoms with Crippen LogP contribution in [0.4, 0.5) is 0 Å². The summed E-state index contributed by atoms with van der Waals surface area (Å²) in [5.74, 6) is 0.377. The van der Waals surface area contributed by atoms with Gasteiger partial charge in [0, 0.05) is 19.6 Å². The van der Waals surface area contributed by atoms with E-state index in [-0.39, 0.29) is 23.7 Å². The molecule has 0 rings (SSSR count). The van der Waals surface area contributed by atoms with Crippen LogP contribution >= 0.6 is 0 Å². The lowest BCUT2D eigenvalue weighted by Gasteiger charge is -2.18. The number of ether oxygens (including phenoxy) is 1. The van der Waals surface area contributed by atoms with Gasteiger partial charge in [-0.25, -0.2) is 0 Å². The number of ketones is 1. The van der Waals surface area contributed by atoms with Crippen LogP contribution in [0.25, 0.3) is 0 Å². The van der Waals surface area contributed by atoms with E-state index in [1.54, 1.807) is 7.11 Å². The smallest absolute Gasteiger partial charge is 0.152 e. The van der Waals surface area contributed by atoms with Crippen molar-refractivity contribution in [1.29, 1.82) is 0 Å². The maximum atomic E-state index is 11.6. The molecule has 0 aromatic rings. The van der Waals surface area contributed by atoms with E-state index in [2.05, 4.69) is 0 Å². The molecule has 2 unspecified atom stereocenters. The van der Waals surface area contributed by atoms with Gasteiger partial charge in [-0.1, -0.05) is 20.8 Å². The van der Waals surface area contributed by atoms with Gasteiger partial charge in [-0.3, -0.25) is 4.79 Å². The molecule has 0 radical (unpaired) electrons. The van der Waals surface area contributed by atoms with Gasteiger partial charge in [0.15, 0.2) is 5.78 Å². The van der Waals surface area contributed by atoms with Crippen molar-refractivity contribution in [1.82, 2.24) is 0 Å². The number of carbonyl (C=O) groups is 1. The largest absolute Gasteiger partial charge is 0.385 e. The molecule has 2 N–H and O–H groups in total. The Labute approximate surface area is 80.6 Å². The van der Waals surface area contributed by atoms with Crippen molar-refractivity contribution in [2.75, 3.05) is 13.7 Å². The van der Waals surface area contributed by atoms with Crippen LogP contribution in [-0.4, -0.2) is 25.5 Å². The highest BCUT2D eigenvalue weighted by Gasteiger charge is 2.22. The summed E-state index contributed by atoms with van der Waals surface area (Å²) in [4.78, 5) is 11.6. The summed E-state index contributed by atoms with van der Waals surface area (Å²) >= 11 is 0. The fourth-order valence-electron chi connectivity index (χ4n) is 1.09. The number of hydrogen-bond acceptors (Lipinski definition) is 3. The fourth-order valence-corrected chi connectivity index (χ4v) is 1.09. The second-order valence-electron chi connectivity index (χ2n) is 3.85. The molecule has 0 heterocycles. The Morgan fingerprint density at radius 2 is 1.92 bits per heavy atom. The molecule has 0 aliphatic rings. The van der Waals surface area contributed by atoms with Gasteiger partial charge in [-0.05, 0) is 12.3 Å². The molecule has 2 atom stereocenters. The zero-order chi connectivity index (χ0) is 10.4. The van der Waals surface area contributed by atoms with Crippen molar-refractivity contribution in [2.24, 2.45) is 17.6 Å². The quantitative estimate of drug-likeness (QED) is 0.680. The molecule has 0 aromatic heterocycles. The number of hydrogen-bond donors (Lipinski definition) is 1. The van der Waals surface area contributed by atoms with Crippen molar-refractivity contribution in [3.05, 3.63) is 0 Å². The van der Waals surface area contributed by atoms with Gasteiger partial charge in [-0.15, -0.1) is 0 Å². The van der Waals surface area contributed by atoms with Crippen LogP contribution in [0.2, 0.25) is 0 Å². The fraction of sp³-hybridized carbons (Fsp3) is 0.900. The summed E-state index contributed by atoms with van der Waals surface area (Å²) in [6.45, 7) is 6.46. The van der Waals surface area contributed by atoms with Crippen LogP contribution in [-0.2, 0) is 9.53 Å². The van der Waals surface area contributed by atoms with E-state index in [1.165, 1.54) is 0 Å². The Kier molecular flexibility index (Phi) is 5.91. The van der Waals surface area contributed by atoms with Crippen molar-refractivity contribution < 1.29 is 9.53 Å². The summed E-state index contributed by atoms with van der Waals surface area (Å²) in [6, 6.07) is -0.327. The van der Waals surface area contributed by atoms with Crippen molar-refractivity contribution in [2.45, 2.75) is 33.2 Å². The molecule has 0 saturated heterocycles. The normalized spacial score (nSPS) is 15.8. The molecular weight excluding hydrogens is 166 g/mol. The van der Waals surface area contributed by atoms with Gasteiger partial charge in [0.25, 0.3) is 0 Å². The van der Waals surface area contributed by atoms with Crippen molar-refractivity contribution >= 4 is 5.78 Å². The molecule has 0 aliphatic carbocycles. The molecule has 0 aliphatic heterocycles. The van der Waals surface area contributed by atoms with E-state index in [0.717, 1.165) is 6.42 Å². The third-order valence-electron chi connectivity index (χ3n) is 2.29. The van der Waals surface area contributed by atoms with E-state index < -0.39 is 0 Å². The van der Waals surface area contributed by atoms with Crippen LogP contribution in [0, 0.1) is 11.8 Å². The van der Waals surface area contributed by atoms with Crippen molar-refractivity contribution in [3.8, 4) is 0 Å². The molecule has 0 amide bonds. The zero-order valence-corrected chi connectivity index (χ0v) is 9.04. The minimum Gasteiger partial charge on any atom is -0.385 e. The minimum atomic E-state index is -0.327. The lowest BCUT2D eigenvalue weighted by atomic mass is 9.91. The maximum absolute atomic E-state index is 11.6. The number of nitrogens with two attached hydrogens (primary N) is 1. The first-order valence-corrected chi connectivity index (χ1v) is 4.79. The highest BCUT2D eigenvalue weighted by molar-refractivity contribution is 5.85. The Balaban J connectivity index is 3.94. The SMILES string of the molecule is COCCC(C)C(=O)C(N)C(C)C. The summed E-state index contributed by atoms with van der Waals surface area (Å²) in [5, 5.41) is 0. The number of rotatable bonds is 6. The van der Waals surface area contributed by atoms with Gasteiger partial charge < -0.3 is 10.5 Å². The van der Waals surface area contributed by atoms with Crippen LogP contribution in [0.3, 0.4) is 0 Å². The average molecular weight is 187 g/mol. The standard InChI is InChI=1S/C10H21NO2/c1-7(2)9(11)10(12)8(3)5-6-13-4/h7-9H,5-6,11H2,1-4H3. The number of carbonyl (C=O) groups excluding carboxylic acids is 1. The monoisotopic (exact) mass is 187 g/mol. The van der Waals surface area contributed by atoms with Crippen LogP contribution in [0.1, 0.15) is 27.2 Å². The first-order valence-electron chi connectivity index (χ1n) is 4.79. The lowest BCUT2D eigenvalue weighted by Crippen LogP contribution is -2.39. The molecule has 0 saturated carbocycles. The highest BCUT2D eigenvalue weighted by atomic mass is 16.5. The molecule has 0 fully saturated rings. The molecule has 3 heteroatoms. The summed E-state index contributed by atoms with van der Waals surface area (Å²) in [6.07, 6.45) is 0.760. The molecule has 0 spiro atoms. The van der Waals surface area contributed by atoms with Crippen LogP contribution in [0.15, 0.2) is 0 Å². The molecule has 13 heavy (non-hydrogen) atoms. The molecule has 78 valence electrons. The van der Waals surface area contributed by atoms with E-state index in [0.29, 0.717) is 6.61 Å². The number of Topliss-reactive ketones (excluding diaryl/α,β-unsaturated/α-hetero) is 1. The topological polar surface area (TPSA) is 52.3 Å². The predicted molar refractivity (Wildman–Crippen MR) is 53.5 cm³/mol. The highest BCUT2D eigenvalue weighted by Crippen LogP contribution is 2.10. The Hall–Kier alpha value is -0.410. The minimum absolute atomic E-state index is 0.0114. The third-order valence-corrected chi connectivity index (χ3v) is 2.29. The van der Waals surface area contributed by atoms with E-state index in [1.807, 2.05) is 20.8 Å². The maximum Gasteiger partial charge on any atom is 0.152 e. The van der Waals surface area contributed by atoms with E-state index >= 15 is 0 Å². The Morgan fingerprint density at radius 1 is 1.38 bits per heavy atom. The summed E-state index contributed by atoms with van der Waals surface area (Å²) in [5.41, 5.74) is 5.74. The summed E-state index contributed by atoms with van der Waals surface area (Å²) < 4.78 is 4.91. The van der Waals surface area contributed by atoms with Gasteiger partial charge in [-0.2, -0.15) is 0 Å². The van der Waals surface area contributed by atoms with Gasteiger partial charge >= 0.3 is 0 Å². The van der Waals surface area contributed by atoms with E-state index in [4.69, 9.17) is 10.5 Å². The molecule has 3 nitrogen and oxygen atoms in total. The third kappa shape index (κ3) is 4.39. The number of methoxy groups -OCH3 is 1. The second-order valence-corrected chi connectivity index (χ2v) is 3.85. The van der Waals surface area contributed by atoms with Crippen LogP contribution < -0.4 is 5.73 Å². The van der Waals surface area contributed by atoms with Gasteiger partial charge in [0.1, 0.15) is 0 Å². The zero-order valence-electron chi connectivity index (χ0n) is 9.04. The van der Waals surface area contributed by atoms with Crippen LogP contribution in [0.5, 0.6) is 0 Å². The Bertz CT molecular complexity index is 157.